The van der Waals surface area contributed by atoms with Gasteiger partial charge >= 0.3 is 25.7 Å². The third-order valence-corrected chi connectivity index (χ3v) is 17.6. The molecule has 4 aromatic carbocycles. The van der Waals surface area contributed by atoms with E-state index in [2.05, 4.69) is 36.6 Å². The zero-order chi connectivity index (χ0) is 50.1. The molecular formula is C51H69N6O7P2S2+. The summed E-state index contributed by atoms with van der Waals surface area (Å²) in [6.07, 6.45) is 3.86. The number of ether oxygens (including phenoxy) is 3. The van der Waals surface area contributed by atoms with Crippen molar-refractivity contribution in [2.45, 2.75) is 111 Å². The van der Waals surface area contributed by atoms with Crippen molar-refractivity contribution >= 4 is 61.7 Å². The Kier molecular flexibility index (Phi) is 17.9. The van der Waals surface area contributed by atoms with Gasteiger partial charge in [0.2, 0.25) is 0 Å². The van der Waals surface area contributed by atoms with Crippen molar-refractivity contribution in [3.05, 3.63) is 125 Å². The number of hydrogen-bond acceptors (Lipinski definition) is 11. The molecule has 0 radical (unpaired) electrons. The quantitative estimate of drug-likeness (QED) is 0.0528. The summed E-state index contributed by atoms with van der Waals surface area (Å²) >= 11 is 12.5. The first-order valence-electron chi connectivity index (χ1n) is 22.8. The van der Waals surface area contributed by atoms with Crippen LogP contribution in [0.1, 0.15) is 104 Å². The Balaban J connectivity index is 1.29. The zero-order valence-corrected chi connectivity index (χ0v) is 45.2. The monoisotopic (exact) mass is 1000 g/mol. The molecule has 2 N–H and O–H groups in total. The number of alkyl carbamates (subject to hydrolysis) is 2. The van der Waals surface area contributed by atoms with Crippen molar-refractivity contribution in [1.29, 1.82) is 0 Å². The molecule has 0 saturated heterocycles. The van der Waals surface area contributed by atoms with Crippen molar-refractivity contribution in [2.24, 2.45) is 22.0 Å². The molecule has 1 aliphatic carbocycles. The highest BCUT2D eigenvalue weighted by Gasteiger charge is 2.73. The third kappa shape index (κ3) is 15.7. The van der Waals surface area contributed by atoms with Crippen molar-refractivity contribution < 1.29 is 32.8 Å². The molecule has 1 fully saturated rings. The van der Waals surface area contributed by atoms with E-state index >= 15 is 0 Å². The first-order chi connectivity index (χ1) is 31.8. The van der Waals surface area contributed by atoms with Gasteiger partial charge in [-0.3, -0.25) is 0 Å². The number of hydrogen-bond donors (Lipinski definition) is 2. The molecule has 5 rings (SSSR count). The second-order valence-electron chi connectivity index (χ2n) is 19.8. The SMILES string of the molecule is CC1C(C)C1(c1ccc(C=NN(C)P(=S)(Oc2ccc(CCNC(=O)OC(C)(C)C)cc2)Oc2ccc(CCNC(=O)OC(C)(C)C)cc2)cc1)[P+](=S)N(C)N=Cc1ccc(OC(C)(C)C)cc1. The third-order valence-electron chi connectivity index (χ3n) is 10.8. The van der Waals surface area contributed by atoms with Crippen molar-refractivity contribution in [1.82, 2.24) is 20.2 Å². The van der Waals surface area contributed by atoms with Gasteiger partial charge in [-0.15, -0.1) is 9.88 Å². The van der Waals surface area contributed by atoms with Crippen molar-refractivity contribution in [3.8, 4) is 17.2 Å². The summed E-state index contributed by atoms with van der Waals surface area (Å²) in [5.74, 6) is 2.59. The largest absolute Gasteiger partial charge is 0.488 e. The van der Waals surface area contributed by atoms with Crippen LogP contribution in [0.2, 0.25) is 0 Å². The maximum Gasteiger partial charge on any atom is 0.410 e. The number of hydrazone groups is 2. The summed E-state index contributed by atoms with van der Waals surface area (Å²) in [5, 5.41) is 15.0. The normalized spacial score (nSPS) is 17.6. The van der Waals surface area contributed by atoms with Crippen molar-refractivity contribution in [2.75, 3.05) is 27.2 Å². The molecule has 0 heterocycles. The standard InChI is InChI=1S/C51H68N6O7P2S2/c1-36-37(2)51(36,65(67)56(12)54-34-41-20-24-43(25-21-41)60-48(3,4)5)42-22-14-40(15-23-42)35-55-57(13)66(68,63-44-26-16-38(17-27-44)30-32-52-46(58)61-49(6,7)8)64-45-28-18-39(19-29-45)31-33-53-47(59)62-50(9,10)11/h14-29,34-37H,30-33H2,1-13H3,(H-,52,53,58,59)/p+1. The van der Waals surface area contributed by atoms with E-state index in [1.807, 2.05) is 165 Å². The molecule has 17 heteroatoms. The topological polar surface area (TPSA) is 136 Å². The molecule has 366 valence electrons. The van der Waals surface area contributed by atoms with Crippen LogP contribution in [-0.4, -0.2) is 78.2 Å². The van der Waals surface area contributed by atoms with Crippen LogP contribution in [0.15, 0.2) is 107 Å². The molecule has 3 atom stereocenters. The van der Waals surface area contributed by atoms with Gasteiger partial charge in [0, 0.05) is 49.3 Å². The smallest absolute Gasteiger partial charge is 0.410 e. The molecule has 68 heavy (non-hydrogen) atoms. The minimum absolute atomic E-state index is 0.203. The van der Waals surface area contributed by atoms with E-state index in [1.165, 1.54) is 5.56 Å². The Morgan fingerprint density at radius 1 is 0.647 bits per heavy atom. The molecule has 1 aliphatic rings. The maximum absolute atomic E-state index is 12.1. The van der Waals surface area contributed by atoms with Crippen LogP contribution < -0.4 is 24.4 Å². The number of carbonyl (C=O) groups is 2. The maximum atomic E-state index is 12.1. The first-order valence-corrected chi connectivity index (χ1v) is 27.7. The molecular weight excluding hydrogens is 935 g/mol. The Hall–Kier alpha value is -5.07. The lowest BCUT2D eigenvalue weighted by Crippen LogP contribution is -2.33. The molecule has 3 unspecified atom stereocenters. The fraction of sp³-hybridized carbons (Fsp3) is 0.451. The van der Waals surface area contributed by atoms with Gasteiger partial charge in [-0.1, -0.05) is 62.4 Å². The van der Waals surface area contributed by atoms with Gasteiger partial charge in [-0.05, 0) is 146 Å². The lowest BCUT2D eigenvalue weighted by Gasteiger charge is -2.29. The molecule has 4 aromatic rings. The van der Waals surface area contributed by atoms with Crippen LogP contribution in [0, 0.1) is 11.8 Å². The summed E-state index contributed by atoms with van der Waals surface area (Å²) in [7, 11) is 3.72. The van der Waals surface area contributed by atoms with E-state index < -0.39 is 36.9 Å². The highest BCUT2D eigenvalue weighted by molar-refractivity contribution is 8.09. The second kappa shape index (κ2) is 22.6. The molecule has 0 aliphatic heterocycles. The van der Waals surface area contributed by atoms with Crippen LogP contribution in [0.5, 0.6) is 17.2 Å². The molecule has 0 aromatic heterocycles. The predicted octanol–water partition coefficient (Wildman–Crippen LogP) is 12.0. The molecule has 2 amide bonds. The van der Waals surface area contributed by atoms with Crippen LogP contribution in [-0.2, 0) is 51.1 Å². The lowest BCUT2D eigenvalue weighted by molar-refractivity contribution is 0.0517. The predicted molar refractivity (Wildman–Crippen MR) is 283 cm³/mol. The Labute approximate surface area is 415 Å². The number of rotatable bonds is 19. The van der Waals surface area contributed by atoms with Gasteiger partial charge in [0.15, 0.2) is 17.0 Å². The number of amides is 2. The second-order valence-corrected chi connectivity index (χ2v) is 26.0. The fourth-order valence-corrected chi connectivity index (χ4v) is 12.7. The highest BCUT2D eigenvalue weighted by Crippen LogP contribution is 2.73. The number of nitrogens with zero attached hydrogens (tertiary/aromatic N) is 4. The summed E-state index contributed by atoms with van der Waals surface area (Å²) in [5.41, 5.74) is 3.57. The van der Waals surface area contributed by atoms with Crippen LogP contribution in [0.25, 0.3) is 0 Å². The molecule has 1 saturated carbocycles. The van der Waals surface area contributed by atoms with Gasteiger partial charge in [0.1, 0.15) is 34.1 Å². The Morgan fingerprint density at radius 3 is 1.44 bits per heavy atom. The Bertz CT molecular complexity index is 2360. The highest BCUT2D eigenvalue weighted by atomic mass is 32.5. The average Bonchev–Trinajstić information content (AvgIpc) is 3.80. The minimum atomic E-state index is -3.35. The van der Waals surface area contributed by atoms with Gasteiger partial charge in [-0.2, -0.15) is 5.10 Å². The van der Waals surface area contributed by atoms with Gasteiger partial charge in [-0.25, -0.2) is 14.4 Å². The van der Waals surface area contributed by atoms with Crippen molar-refractivity contribution in [3.63, 3.8) is 0 Å². The minimum Gasteiger partial charge on any atom is -0.488 e. The fourth-order valence-electron chi connectivity index (χ4n) is 7.28. The van der Waals surface area contributed by atoms with E-state index in [-0.39, 0.29) is 10.8 Å². The van der Waals surface area contributed by atoms with Crippen LogP contribution in [0.4, 0.5) is 9.59 Å². The summed E-state index contributed by atoms with van der Waals surface area (Å²) < 4.78 is 33.2. The molecule has 0 spiro atoms. The number of carbonyl (C=O) groups excluding carboxylic acids is 2. The lowest BCUT2D eigenvalue weighted by atomic mass is 10.1. The summed E-state index contributed by atoms with van der Waals surface area (Å²) in [6, 6.07) is 31.3. The molecule has 0 bridgehead atoms. The van der Waals surface area contributed by atoms with Gasteiger partial charge < -0.3 is 33.9 Å². The number of benzene rings is 4. The Morgan fingerprint density at radius 2 is 1.04 bits per heavy atom. The first kappa shape index (κ1) is 53.9. The van der Waals surface area contributed by atoms with Crippen LogP contribution >= 0.6 is 13.5 Å². The average molecular weight is 1000 g/mol. The van der Waals surface area contributed by atoms with E-state index in [9.17, 15) is 9.59 Å². The number of nitrogens with one attached hydrogen (secondary N) is 2. The molecule has 13 nitrogen and oxygen atoms in total. The zero-order valence-electron chi connectivity index (χ0n) is 41.7. The van der Waals surface area contributed by atoms with E-state index in [0.29, 0.717) is 49.3 Å². The van der Waals surface area contributed by atoms with E-state index in [4.69, 9.17) is 57.1 Å². The van der Waals surface area contributed by atoms with E-state index in [1.54, 1.807) is 18.0 Å². The summed E-state index contributed by atoms with van der Waals surface area (Å²) in [6.45, 7) is 17.9. The van der Waals surface area contributed by atoms with Crippen LogP contribution in [0.3, 0.4) is 0 Å². The van der Waals surface area contributed by atoms with Gasteiger partial charge in [0.05, 0.1) is 19.5 Å². The van der Waals surface area contributed by atoms with Gasteiger partial charge in [0.25, 0.3) is 0 Å². The van der Waals surface area contributed by atoms with E-state index in [0.717, 1.165) is 28.0 Å². The summed E-state index contributed by atoms with van der Waals surface area (Å²) in [4.78, 5) is 24.3.